The van der Waals surface area contributed by atoms with E-state index < -0.39 is 7.52 Å². The van der Waals surface area contributed by atoms with E-state index in [1.54, 1.807) is 0 Å². The Bertz CT molecular complexity index is 131. The molecule has 1 unspecified atom stereocenters. The Hall–Kier alpha value is 0.630. The van der Waals surface area contributed by atoms with Crippen LogP contribution in [0.5, 0.6) is 0 Å². The van der Waals surface area contributed by atoms with Crippen LogP contribution in [0.3, 0.4) is 0 Å². The maximum atomic E-state index is 11.2. The lowest BCUT2D eigenvalue weighted by atomic mass is 10.4. The third kappa shape index (κ3) is 7.01. The van der Waals surface area contributed by atoms with Gasteiger partial charge in [0.1, 0.15) is 0 Å². The fourth-order valence-corrected chi connectivity index (χ4v) is 2.54. The lowest BCUT2D eigenvalue weighted by molar-refractivity contribution is 0.462. The van der Waals surface area contributed by atoms with Crippen molar-refractivity contribution in [1.82, 2.24) is 5.09 Å². The molecule has 0 aromatic carbocycles. The van der Waals surface area contributed by atoms with E-state index >= 15 is 0 Å². The van der Waals surface area contributed by atoms with Crippen LogP contribution in [-0.4, -0.2) is 22.9 Å². The summed E-state index contributed by atoms with van der Waals surface area (Å²) in [5, 5.41) is 3.32. The fraction of sp³-hybridized carbons (Fsp3) is 1.00. The van der Waals surface area contributed by atoms with Crippen LogP contribution in [-0.2, 0) is 4.57 Å². The monoisotopic (exact) mass is 243 g/mol. The second-order valence-electron chi connectivity index (χ2n) is 2.38. The van der Waals surface area contributed by atoms with Crippen LogP contribution >= 0.6 is 23.4 Å². The molecule has 0 bridgehead atoms. The largest absolute Gasteiger partial charge is 0.333 e. The summed E-state index contributed by atoms with van der Waals surface area (Å²) in [7, 11) is -3.01. The van der Waals surface area contributed by atoms with Gasteiger partial charge in [-0.3, -0.25) is 4.57 Å². The average Bonchev–Trinajstić information content (AvgIpc) is 1.97. The summed E-state index contributed by atoms with van der Waals surface area (Å²) in [4.78, 5) is 9.20. The van der Waals surface area contributed by atoms with Gasteiger partial charge in [-0.05, 0) is 6.42 Å². The summed E-state index contributed by atoms with van der Waals surface area (Å²) < 4.78 is 11.2. The summed E-state index contributed by atoms with van der Waals surface area (Å²) in [6.45, 7) is 2.56. The highest BCUT2D eigenvalue weighted by Crippen LogP contribution is 2.35. The van der Waals surface area contributed by atoms with Crippen molar-refractivity contribution in [2.75, 3.05) is 18.0 Å². The number of nitrogens with one attached hydrogen (secondary N) is 1. The van der Waals surface area contributed by atoms with Crippen LogP contribution in [0.25, 0.3) is 0 Å². The molecule has 0 saturated carbocycles. The molecular formula is C6H15BrNO2P. The quantitative estimate of drug-likeness (QED) is 0.554. The van der Waals surface area contributed by atoms with Gasteiger partial charge >= 0.3 is 0 Å². The first-order valence-corrected chi connectivity index (χ1v) is 6.72. The topological polar surface area (TPSA) is 49.3 Å². The van der Waals surface area contributed by atoms with Crippen molar-refractivity contribution in [2.24, 2.45) is 0 Å². The standard InChI is InChI=1S/C6H15BrNO2P/c1-2-3-6-11(9,10)8-5-4-7/h2-6H2,1H3,(H2,8,9,10). The SMILES string of the molecule is CCCCP(=O)(O)NCCBr. The number of rotatable bonds is 6. The van der Waals surface area contributed by atoms with E-state index in [1.165, 1.54) is 0 Å². The van der Waals surface area contributed by atoms with Gasteiger partial charge in [-0.25, -0.2) is 5.09 Å². The predicted molar refractivity (Wildman–Crippen MR) is 51.4 cm³/mol. The van der Waals surface area contributed by atoms with Crippen molar-refractivity contribution >= 4 is 23.4 Å². The van der Waals surface area contributed by atoms with Gasteiger partial charge in [-0.15, -0.1) is 0 Å². The fourth-order valence-electron chi connectivity index (χ4n) is 0.668. The number of hydrogen-bond donors (Lipinski definition) is 2. The third-order valence-electron chi connectivity index (χ3n) is 1.27. The number of alkyl halides is 1. The van der Waals surface area contributed by atoms with Crippen LogP contribution < -0.4 is 5.09 Å². The van der Waals surface area contributed by atoms with E-state index in [4.69, 9.17) is 0 Å². The second kappa shape index (κ2) is 6.18. The minimum absolute atomic E-state index is 0.385. The Morgan fingerprint density at radius 1 is 1.64 bits per heavy atom. The summed E-state index contributed by atoms with van der Waals surface area (Å²) in [5.74, 6) is 0. The molecule has 0 aromatic heterocycles. The highest BCUT2D eigenvalue weighted by atomic mass is 79.9. The highest BCUT2D eigenvalue weighted by molar-refractivity contribution is 9.09. The Labute approximate surface area is 76.2 Å². The molecule has 2 N–H and O–H groups in total. The summed E-state index contributed by atoms with van der Waals surface area (Å²) >= 11 is 3.18. The molecule has 0 saturated heterocycles. The van der Waals surface area contributed by atoms with Gasteiger partial charge in [0.2, 0.25) is 0 Å². The molecule has 1 atom stereocenters. The lowest BCUT2D eigenvalue weighted by Gasteiger charge is -2.10. The molecule has 5 heteroatoms. The van der Waals surface area contributed by atoms with E-state index in [0.717, 1.165) is 12.8 Å². The molecule has 3 nitrogen and oxygen atoms in total. The Kier molecular flexibility index (Phi) is 6.53. The minimum atomic E-state index is -3.01. The maximum Gasteiger partial charge on any atom is 0.267 e. The zero-order valence-electron chi connectivity index (χ0n) is 6.72. The Balaban J connectivity index is 3.53. The first-order chi connectivity index (χ1) is 5.12. The molecule has 0 amide bonds. The van der Waals surface area contributed by atoms with Gasteiger partial charge in [0.05, 0.1) is 0 Å². The molecular weight excluding hydrogens is 229 g/mol. The zero-order chi connectivity index (χ0) is 8.74. The second-order valence-corrected chi connectivity index (χ2v) is 5.34. The number of hydrogen-bond acceptors (Lipinski definition) is 1. The maximum absolute atomic E-state index is 11.2. The molecule has 0 aliphatic carbocycles. The third-order valence-corrected chi connectivity index (χ3v) is 3.30. The number of halogens is 1. The van der Waals surface area contributed by atoms with Crippen LogP contribution in [0.1, 0.15) is 19.8 Å². The Morgan fingerprint density at radius 2 is 2.27 bits per heavy atom. The van der Waals surface area contributed by atoms with E-state index in [-0.39, 0.29) is 0 Å². The minimum Gasteiger partial charge on any atom is -0.333 e. The Morgan fingerprint density at radius 3 is 2.73 bits per heavy atom. The van der Waals surface area contributed by atoms with Crippen molar-refractivity contribution in [1.29, 1.82) is 0 Å². The molecule has 0 fully saturated rings. The van der Waals surface area contributed by atoms with Crippen molar-refractivity contribution < 1.29 is 9.46 Å². The van der Waals surface area contributed by atoms with Gasteiger partial charge in [-0.2, -0.15) is 0 Å². The van der Waals surface area contributed by atoms with E-state index in [0.29, 0.717) is 18.0 Å². The molecule has 0 radical (unpaired) electrons. The first-order valence-electron chi connectivity index (χ1n) is 3.75. The molecule has 11 heavy (non-hydrogen) atoms. The summed E-state index contributed by atoms with van der Waals surface area (Å²) in [5.41, 5.74) is 0. The van der Waals surface area contributed by atoms with Gasteiger partial charge in [0, 0.05) is 18.0 Å². The zero-order valence-corrected chi connectivity index (χ0v) is 9.20. The molecule has 68 valence electrons. The van der Waals surface area contributed by atoms with Gasteiger partial charge in [0.25, 0.3) is 7.52 Å². The van der Waals surface area contributed by atoms with Crippen molar-refractivity contribution in [3.63, 3.8) is 0 Å². The van der Waals surface area contributed by atoms with Crippen LogP contribution in [0, 0.1) is 0 Å². The smallest absolute Gasteiger partial charge is 0.267 e. The van der Waals surface area contributed by atoms with Crippen molar-refractivity contribution in [3.8, 4) is 0 Å². The summed E-state index contributed by atoms with van der Waals surface area (Å²) in [6, 6.07) is 0. The van der Waals surface area contributed by atoms with Crippen LogP contribution in [0.2, 0.25) is 0 Å². The molecule has 0 aliphatic rings. The molecule has 0 heterocycles. The van der Waals surface area contributed by atoms with E-state index in [9.17, 15) is 9.46 Å². The van der Waals surface area contributed by atoms with E-state index in [1.807, 2.05) is 6.92 Å². The molecule has 0 aliphatic heterocycles. The van der Waals surface area contributed by atoms with Crippen LogP contribution in [0.15, 0.2) is 0 Å². The van der Waals surface area contributed by atoms with Crippen molar-refractivity contribution in [2.45, 2.75) is 19.8 Å². The number of unbranched alkanes of at least 4 members (excludes halogenated alkanes) is 1. The predicted octanol–water partition coefficient (Wildman–Crippen LogP) is 1.96. The lowest BCUT2D eigenvalue weighted by Crippen LogP contribution is -2.14. The van der Waals surface area contributed by atoms with E-state index in [2.05, 4.69) is 21.0 Å². The van der Waals surface area contributed by atoms with Crippen molar-refractivity contribution in [3.05, 3.63) is 0 Å². The molecule has 0 aromatic rings. The first kappa shape index (κ1) is 11.6. The van der Waals surface area contributed by atoms with Gasteiger partial charge in [0.15, 0.2) is 0 Å². The average molecular weight is 244 g/mol. The normalized spacial score (nSPS) is 16.3. The summed E-state index contributed by atoms with van der Waals surface area (Å²) in [6.07, 6.45) is 2.15. The van der Waals surface area contributed by atoms with Gasteiger partial charge < -0.3 is 4.89 Å². The molecule has 0 rings (SSSR count). The molecule has 0 spiro atoms. The highest BCUT2D eigenvalue weighted by Gasteiger charge is 2.14. The van der Waals surface area contributed by atoms with Crippen LogP contribution in [0.4, 0.5) is 0 Å². The van der Waals surface area contributed by atoms with Gasteiger partial charge in [-0.1, -0.05) is 29.3 Å².